The van der Waals surface area contributed by atoms with E-state index in [2.05, 4.69) is 42.7 Å². The molecule has 0 aliphatic heterocycles. The van der Waals surface area contributed by atoms with E-state index in [1.165, 1.54) is 32.1 Å². The summed E-state index contributed by atoms with van der Waals surface area (Å²) in [5.41, 5.74) is 5.19. The number of nitrogens with zero attached hydrogens (tertiary/aromatic N) is 1. The molecular weight excluding hydrogens is 486 g/mol. The Morgan fingerprint density at radius 1 is 0.795 bits per heavy atom. The van der Waals surface area contributed by atoms with Crippen LogP contribution in [-0.2, 0) is 11.2 Å². The highest BCUT2D eigenvalue weighted by Crippen LogP contribution is 2.29. The van der Waals surface area contributed by atoms with Gasteiger partial charge in [-0.15, -0.1) is 0 Å². The first-order chi connectivity index (χ1) is 19.0. The molecule has 4 aromatic rings. The van der Waals surface area contributed by atoms with Crippen LogP contribution >= 0.6 is 0 Å². The maximum Gasteiger partial charge on any atom is 0.345 e. The number of aliphatic carboxylic acids is 1. The van der Waals surface area contributed by atoms with Gasteiger partial charge in [-0.2, -0.15) is 0 Å². The van der Waals surface area contributed by atoms with E-state index in [1.807, 2.05) is 66.7 Å². The summed E-state index contributed by atoms with van der Waals surface area (Å²) in [5.74, 6) is 0.444. The topological polar surface area (TPSA) is 60.7 Å². The zero-order chi connectivity index (χ0) is 27.5. The highest BCUT2D eigenvalue weighted by Gasteiger charge is 2.20. The van der Waals surface area contributed by atoms with Crippen LogP contribution in [0.4, 0.5) is 0 Å². The maximum absolute atomic E-state index is 11.8. The summed E-state index contributed by atoms with van der Waals surface area (Å²) in [4.78, 5) is 11.8. The fraction of sp³-hybridized carbons (Fsp3) is 0.324. The predicted molar refractivity (Wildman–Crippen MR) is 157 cm³/mol. The van der Waals surface area contributed by atoms with Crippen molar-refractivity contribution < 1.29 is 19.4 Å². The van der Waals surface area contributed by atoms with Gasteiger partial charge in [0.1, 0.15) is 11.5 Å². The Kier molecular flexibility index (Phi) is 10.2. The molecule has 0 amide bonds. The number of rotatable bonds is 15. The molecule has 1 aromatic heterocycles. The van der Waals surface area contributed by atoms with Gasteiger partial charge in [-0.05, 0) is 85.1 Å². The number of hydrogen-bond acceptors (Lipinski definition) is 3. The van der Waals surface area contributed by atoms with Crippen LogP contribution in [0.5, 0.6) is 11.5 Å². The number of unbranched alkanes of at least 4 members (excludes halogenated alkanes) is 5. The number of aromatic nitrogens is 1. The molecule has 0 radical (unpaired) electrons. The molecule has 0 saturated heterocycles. The second-order valence-electron chi connectivity index (χ2n) is 9.96. The third-order valence-electron chi connectivity index (χ3n) is 6.91. The number of carbonyl (C=O) groups is 1. The molecule has 4 rings (SSSR count). The predicted octanol–water partition coefficient (Wildman–Crippen LogP) is 8.27. The Bertz CT molecular complexity index is 1290. The highest BCUT2D eigenvalue weighted by molar-refractivity contribution is 5.73. The van der Waals surface area contributed by atoms with Crippen LogP contribution in [0.25, 0.3) is 16.9 Å². The van der Waals surface area contributed by atoms with E-state index in [9.17, 15) is 9.90 Å². The Labute approximate surface area is 232 Å². The van der Waals surface area contributed by atoms with Gasteiger partial charge in [0.2, 0.25) is 0 Å². The van der Waals surface area contributed by atoms with Gasteiger partial charge >= 0.3 is 5.97 Å². The summed E-state index contributed by atoms with van der Waals surface area (Å²) in [7, 11) is 0. The lowest BCUT2D eigenvalue weighted by Gasteiger charge is -2.16. The lowest BCUT2D eigenvalue weighted by molar-refractivity contribution is -0.145. The second-order valence-corrected chi connectivity index (χ2v) is 9.96. The average molecular weight is 526 g/mol. The van der Waals surface area contributed by atoms with Gasteiger partial charge in [0.05, 0.1) is 12.3 Å². The van der Waals surface area contributed by atoms with E-state index in [0.29, 0.717) is 12.2 Å². The van der Waals surface area contributed by atoms with Crippen LogP contribution in [0, 0.1) is 6.92 Å². The van der Waals surface area contributed by atoms with Gasteiger partial charge in [0.15, 0.2) is 6.10 Å². The van der Waals surface area contributed by atoms with Crippen molar-refractivity contribution in [1.82, 2.24) is 4.57 Å². The van der Waals surface area contributed by atoms with E-state index >= 15 is 0 Å². The van der Waals surface area contributed by atoms with Gasteiger partial charge < -0.3 is 19.1 Å². The lowest BCUT2D eigenvalue weighted by atomic mass is 10.1. The van der Waals surface area contributed by atoms with Crippen LogP contribution < -0.4 is 9.47 Å². The van der Waals surface area contributed by atoms with E-state index < -0.39 is 12.1 Å². The molecule has 0 aliphatic carbocycles. The van der Waals surface area contributed by atoms with Crippen LogP contribution in [0.3, 0.4) is 0 Å². The van der Waals surface area contributed by atoms with Crippen molar-refractivity contribution in [3.63, 3.8) is 0 Å². The van der Waals surface area contributed by atoms with Gasteiger partial charge in [0.25, 0.3) is 0 Å². The molecule has 0 aliphatic rings. The molecule has 1 atom stereocenters. The smallest absolute Gasteiger partial charge is 0.345 e. The summed E-state index contributed by atoms with van der Waals surface area (Å²) in [5, 5.41) is 9.68. The summed E-state index contributed by atoms with van der Waals surface area (Å²) in [6.07, 6.45) is 6.85. The molecule has 5 nitrogen and oxygen atoms in total. The van der Waals surface area contributed by atoms with Crippen LogP contribution in [0.15, 0.2) is 91.0 Å². The zero-order valence-corrected chi connectivity index (χ0v) is 23.0. The van der Waals surface area contributed by atoms with Crippen molar-refractivity contribution in [3.8, 4) is 28.4 Å². The monoisotopic (exact) mass is 525 g/mol. The normalized spacial score (nSPS) is 11.7. The zero-order valence-electron chi connectivity index (χ0n) is 23.0. The minimum absolute atomic E-state index is 0.304. The third-order valence-corrected chi connectivity index (χ3v) is 6.91. The third kappa shape index (κ3) is 8.00. The number of carboxylic acid groups (broad SMARTS) is 1. The Balaban J connectivity index is 1.39. The van der Waals surface area contributed by atoms with Crippen molar-refractivity contribution in [3.05, 3.63) is 102 Å². The molecule has 0 fully saturated rings. The van der Waals surface area contributed by atoms with Crippen LogP contribution in [0.2, 0.25) is 0 Å². The van der Waals surface area contributed by atoms with Crippen molar-refractivity contribution in [2.45, 2.75) is 64.9 Å². The van der Waals surface area contributed by atoms with Crippen molar-refractivity contribution in [2.75, 3.05) is 6.61 Å². The first-order valence-electron chi connectivity index (χ1n) is 14.0. The minimum atomic E-state index is -0.980. The van der Waals surface area contributed by atoms with Crippen LogP contribution in [0.1, 0.15) is 56.7 Å². The molecule has 0 saturated carbocycles. The molecule has 1 heterocycles. The minimum Gasteiger partial charge on any atom is -0.494 e. The van der Waals surface area contributed by atoms with E-state index in [4.69, 9.17) is 9.47 Å². The summed E-state index contributed by atoms with van der Waals surface area (Å²) < 4.78 is 14.0. The number of ether oxygens (including phenoxy) is 2. The van der Waals surface area contributed by atoms with Crippen molar-refractivity contribution in [1.29, 1.82) is 0 Å². The van der Waals surface area contributed by atoms with E-state index in [-0.39, 0.29) is 0 Å². The standard InChI is InChI=1S/C34H39NO4/c1-3-4-5-6-7-11-24-38-30-21-17-29(18-22-30)35-26(2)14-23-32(35)28-15-19-31(20-16-28)39-33(34(36)37)25-27-12-9-8-10-13-27/h8-10,12-23,33H,3-7,11,24-25H2,1-2H3,(H,36,37)/t33-/m1/s1. The number of benzene rings is 3. The van der Waals surface area contributed by atoms with E-state index in [0.717, 1.165) is 47.0 Å². The molecule has 0 unspecified atom stereocenters. The maximum atomic E-state index is 11.8. The number of aryl methyl sites for hydroxylation is 1. The summed E-state index contributed by atoms with van der Waals surface area (Å²) in [6, 6.07) is 29.6. The van der Waals surface area contributed by atoms with Crippen molar-refractivity contribution in [2.24, 2.45) is 0 Å². The van der Waals surface area contributed by atoms with Crippen molar-refractivity contribution >= 4 is 5.97 Å². The largest absolute Gasteiger partial charge is 0.494 e. The number of hydrogen-bond donors (Lipinski definition) is 1. The molecule has 1 N–H and O–H groups in total. The molecule has 5 heteroatoms. The fourth-order valence-electron chi connectivity index (χ4n) is 4.75. The Morgan fingerprint density at radius 2 is 1.46 bits per heavy atom. The highest BCUT2D eigenvalue weighted by atomic mass is 16.5. The molecule has 0 bridgehead atoms. The molecule has 0 spiro atoms. The quantitative estimate of drug-likeness (QED) is 0.159. The summed E-state index contributed by atoms with van der Waals surface area (Å²) in [6.45, 7) is 5.08. The molecule has 3 aromatic carbocycles. The first kappa shape index (κ1) is 28.0. The van der Waals surface area contributed by atoms with Gasteiger partial charge in [0, 0.05) is 17.8 Å². The molecule has 204 valence electrons. The second kappa shape index (κ2) is 14.2. The Hall–Kier alpha value is -3.99. The van der Waals surface area contributed by atoms with Gasteiger partial charge in [-0.25, -0.2) is 4.79 Å². The van der Waals surface area contributed by atoms with Gasteiger partial charge in [-0.1, -0.05) is 69.4 Å². The number of carboxylic acids is 1. The summed E-state index contributed by atoms with van der Waals surface area (Å²) >= 11 is 0. The van der Waals surface area contributed by atoms with Crippen LogP contribution in [-0.4, -0.2) is 28.4 Å². The average Bonchev–Trinajstić information content (AvgIpc) is 3.34. The lowest BCUT2D eigenvalue weighted by Crippen LogP contribution is -2.29. The Morgan fingerprint density at radius 3 is 2.15 bits per heavy atom. The first-order valence-corrected chi connectivity index (χ1v) is 14.0. The molecule has 39 heavy (non-hydrogen) atoms. The SMILES string of the molecule is CCCCCCCCOc1ccc(-n2c(C)ccc2-c2ccc(O[C@H](Cc3ccccc3)C(=O)O)cc2)cc1. The fourth-order valence-corrected chi connectivity index (χ4v) is 4.75. The molecular formula is C34H39NO4. The van der Waals surface area contributed by atoms with Gasteiger partial charge in [-0.3, -0.25) is 0 Å². The van der Waals surface area contributed by atoms with E-state index in [1.54, 1.807) is 0 Å².